The van der Waals surface area contributed by atoms with Gasteiger partial charge in [0.25, 0.3) is 0 Å². The van der Waals surface area contributed by atoms with E-state index in [9.17, 15) is 36.3 Å². The molecule has 0 aromatic heterocycles. The van der Waals surface area contributed by atoms with E-state index in [4.69, 9.17) is 21.5 Å². The zero-order valence-corrected chi connectivity index (χ0v) is 26.5. The number of primary sulfonamides is 1. The molecule has 1 saturated heterocycles. The molecule has 1 fully saturated rings. The average molecular weight is 674 g/mol. The number of carboxylic acids is 1. The minimum absolute atomic E-state index is 0.0143. The van der Waals surface area contributed by atoms with Crippen LogP contribution in [0.1, 0.15) is 38.7 Å². The summed E-state index contributed by atoms with van der Waals surface area (Å²) in [6, 6.07) is 9.84. The van der Waals surface area contributed by atoms with Crippen molar-refractivity contribution in [2.75, 3.05) is 25.1 Å². The summed E-state index contributed by atoms with van der Waals surface area (Å²) in [6.45, 7) is 4.10. The molecule has 2 aromatic rings. The van der Waals surface area contributed by atoms with Crippen LogP contribution in [0.5, 0.6) is 0 Å². The lowest BCUT2D eigenvalue weighted by molar-refractivity contribution is -0.150. The first kappa shape index (κ1) is 35.2. The van der Waals surface area contributed by atoms with Gasteiger partial charge in [-0.25, -0.2) is 26.8 Å². The minimum Gasteiger partial charge on any atom is -0.480 e. The number of carboxylic acid groups (broad SMARTS) is 1. The standard InChI is InChI=1S/C20H28N2O5.C7H8ClN3O4S2/c1-3-27-20(26)16(12-11-15-8-5-4-6-9-15)21-14(2)18(23)22-13-7-10-17(22)19(24)25;8-4-1-5-7(2-6(4)16(9,12)13)17(14,15)11-3-10-5/h4-6,8-9,14,16-17,21H,3,7,10-13H2,1-2H3,(H,24,25);1-2,10-11H,3H2,(H2,9,12,13)/t14-,16-,17-;/m0./s1. The molecular formula is C27H36ClN5O9S2. The number of fused-ring (bicyclic) bond motifs is 1. The number of sulfonamides is 2. The highest BCUT2D eigenvalue weighted by atomic mass is 35.5. The molecule has 0 unspecified atom stereocenters. The lowest BCUT2D eigenvalue weighted by Crippen LogP contribution is -2.53. The molecule has 242 valence electrons. The number of likely N-dealkylation sites (tertiary alicyclic amines) is 1. The third-order valence-electron chi connectivity index (χ3n) is 6.95. The van der Waals surface area contributed by atoms with Crippen molar-refractivity contribution in [3.05, 3.63) is 53.1 Å². The number of aryl methyl sites for hydroxylation is 1. The van der Waals surface area contributed by atoms with Crippen LogP contribution in [-0.2, 0) is 45.6 Å². The third-order valence-corrected chi connectivity index (χ3v) is 9.77. The smallest absolute Gasteiger partial charge is 0.326 e. The van der Waals surface area contributed by atoms with Crippen molar-refractivity contribution in [3.8, 4) is 0 Å². The van der Waals surface area contributed by atoms with Crippen LogP contribution in [0.25, 0.3) is 0 Å². The van der Waals surface area contributed by atoms with Crippen molar-refractivity contribution in [2.24, 2.45) is 5.14 Å². The molecule has 2 aromatic carbocycles. The van der Waals surface area contributed by atoms with Gasteiger partial charge >= 0.3 is 11.9 Å². The predicted molar refractivity (Wildman–Crippen MR) is 162 cm³/mol. The SMILES string of the molecule is CCOC(=O)[C@H](CCc1ccccc1)N[C@@H](C)C(=O)N1CCC[C@H]1C(=O)O.NS(=O)(=O)c1cc2c(cc1Cl)NCNS2(=O)=O. The van der Waals surface area contributed by atoms with Crippen molar-refractivity contribution >= 4 is 55.2 Å². The normalized spacial score (nSPS) is 18.5. The van der Waals surface area contributed by atoms with E-state index in [-0.39, 0.29) is 34.8 Å². The first-order valence-electron chi connectivity index (χ1n) is 13.8. The molecule has 0 radical (unpaired) electrons. The van der Waals surface area contributed by atoms with E-state index < -0.39 is 55.0 Å². The molecule has 14 nitrogen and oxygen atoms in total. The summed E-state index contributed by atoms with van der Waals surface area (Å²) in [5, 5.41) is 19.9. The fourth-order valence-corrected chi connectivity index (χ4v) is 7.08. The number of nitrogens with one attached hydrogen (secondary N) is 3. The molecule has 2 aliphatic rings. The van der Waals surface area contributed by atoms with Crippen LogP contribution in [0.15, 0.2) is 52.3 Å². The highest BCUT2D eigenvalue weighted by molar-refractivity contribution is 7.90. The van der Waals surface area contributed by atoms with Gasteiger partial charge in [0.2, 0.25) is 26.0 Å². The minimum atomic E-state index is -4.07. The van der Waals surface area contributed by atoms with Gasteiger partial charge in [0.1, 0.15) is 21.9 Å². The summed E-state index contributed by atoms with van der Waals surface area (Å²) in [4.78, 5) is 37.1. The first-order valence-corrected chi connectivity index (χ1v) is 17.2. The highest BCUT2D eigenvalue weighted by Crippen LogP contribution is 2.32. The van der Waals surface area contributed by atoms with E-state index in [1.165, 1.54) is 11.0 Å². The van der Waals surface area contributed by atoms with Gasteiger partial charge in [-0.1, -0.05) is 41.9 Å². The topological polar surface area (TPSA) is 214 Å². The molecule has 0 aliphatic carbocycles. The van der Waals surface area contributed by atoms with Crippen LogP contribution in [0.2, 0.25) is 5.02 Å². The van der Waals surface area contributed by atoms with E-state index in [0.717, 1.165) is 11.6 Å². The quantitative estimate of drug-likeness (QED) is 0.226. The Labute approximate surface area is 261 Å². The van der Waals surface area contributed by atoms with Gasteiger partial charge in [0, 0.05) is 6.54 Å². The summed E-state index contributed by atoms with van der Waals surface area (Å²) >= 11 is 5.72. The number of esters is 1. The van der Waals surface area contributed by atoms with Gasteiger partial charge in [-0.05, 0) is 57.2 Å². The number of halogens is 1. The average Bonchev–Trinajstić information content (AvgIpc) is 3.45. The number of aliphatic carboxylic acids is 1. The van der Waals surface area contributed by atoms with Crippen molar-refractivity contribution in [1.29, 1.82) is 0 Å². The van der Waals surface area contributed by atoms with Gasteiger partial charge in [0.05, 0.1) is 30.0 Å². The number of nitrogens with two attached hydrogens (primary N) is 1. The van der Waals surface area contributed by atoms with Gasteiger partial charge in [-0.15, -0.1) is 0 Å². The maximum Gasteiger partial charge on any atom is 0.326 e. The Bertz CT molecular complexity index is 1570. The number of ether oxygens (including phenoxy) is 1. The number of carbonyl (C=O) groups excluding carboxylic acids is 2. The molecule has 1 amide bonds. The lowest BCUT2D eigenvalue weighted by atomic mass is 10.0. The number of benzene rings is 2. The Kier molecular flexibility index (Phi) is 12.1. The van der Waals surface area contributed by atoms with Gasteiger partial charge < -0.3 is 20.1 Å². The second-order valence-electron chi connectivity index (χ2n) is 10.1. The maximum absolute atomic E-state index is 12.7. The highest BCUT2D eigenvalue weighted by Gasteiger charge is 2.37. The molecule has 17 heteroatoms. The Morgan fingerprint density at radius 1 is 1.23 bits per heavy atom. The molecular weight excluding hydrogens is 638 g/mol. The number of nitrogens with zero attached hydrogens (tertiary/aromatic N) is 1. The monoisotopic (exact) mass is 673 g/mol. The van der Waals surface area contributed by atoms with Crippen molar-refractivity contribution in [1.82, 2.24) is 14.9 Å². The fourth-order valence-electron chi connectivity index (χ4n) is 4.79. The molecule has 4 rings (SSSR count). The molecule has 0 spiro atoms. The number of amides is 1. The third kappa shape index (κ3) is 9.12. The number of anilines is 1. The van der Waals surface area contributed by atoms with E-state index in [0.29, 0.717) is 32.2 Å². The molecule has 0 saturated carbocycles. The Hall–Kier alpha value is -3.28. The van der Waals surface area contributed by atoms with Crippen molar-refractivity contribution in [2.45, 2.75) is 67.4 Å². The van der Waals surface area contributed by atoms with Crippen LogP contribution < -0.4 is 20.5 Å². The molecule has 2 aliphatic heterocycles. The lowest BCUT2D eigenvalue weighted by Gasteiger charge is -2.27. The Balaban J connectivity index is 0.000000266. The fraction of sp³-hybridized carbons (Fsp3) is 0.444. The van der Waals surface area contributed by atoms with E-state index >= 15 is 0 Å². The number of carbonyl (C=O) groups is 3. The van der Waals surface area contributed by atoms with Crippen LogP contribution in [0.3, 0.4) is 0 Å². The summed E-state index contributed by atoms with van der Waals surface area (Å²) in [6.07, 6.45) is 2.29. The van der Waals surface area contributed by atoms with Gasteiger partial charge in [-0.3, -0.25) is 14.9 Å². The van der Waals surface area contributed by atoms with Crippen LogP contribution in [-0.4, -0.2) is 82.6 Å². The van der Waals surface area contributed by atoms with E-state index in [1.807, 2.05) is 30.3 Å². The van der Waals surface area contributed by atoms with Gasteiger partial charge in [0.15, 0.2) is 0 Å². The molecule has 0 bridgehead atoms. The summed E-state index contributed by atoms with van der Waals surface area (Å²) in [5.74, 6) is -1.68. The van der Waals surface area contributed by atoms with Crippen molar-refractivity contribution < 1.29 is 41.1 Å². The summed E-state index contributed by atoms with van der Waals surface area (Å²) < 4.78 is 53.0. The van der Waals surface area contributed by atoms with Gasteiger partial charge in [-0.2, -0.15) is 4.72 Å². The zero-order valence-electron chi connectivity index (χ0n) is 24.2. The molecule has 3 atom stereocenters. The zero-order chi connectivity index (χ0) is 32.7. The van der Waals surface area contributed by atoms with E-state index in [1.54, 1.807) is 13.8 Å². The van der Waals surface area contributed by atoms with Crippen molar-refractivity contribution in [3.63, 3.8) is 0 Å². The van der Waals surface area contributed by atoms with Crippen LogP contribution in [0.4, 0.5) is 5.69 Å². The molecule has 2 heterocycles. The molecule has 44 heavy (non-hydrogen) atoms. The second-order valence-corrected chi connectivity index (χ2v) is 13.7. The molecule has 6 N–H and O–H groups in total. The first-order chi connectivity index (χ1) is 20.7. The number of hydrogen-bond donors (Lipinski definition) is 5. The largest absolute Gasteiger partial charge is 0.480 e. The number of hydrogen-bond acceptors (Lipinski definition) is 10. The number of rotatable bonds is 10. The summed E-state index contributed by atoms with van der Waals surface area (Å²) in [5.41, 5.74) is 1.33. The van der Waals surface area contributed by atoms with E-state index in [2.05, 4.69) is 15.4 Å². The summed E-state index contributed by atoms with van der Waals surface area (Å²) in [7, 11) is -7.80. The Morgan fingerprint density at radius 2 is 1.91 bits per heavy atom. The maximum atomic E-state index is 12.7. The van der Waals surface area contributed by atoms with Crippen LogP contribution in [0, 0.1) is 0 Å². The Morgan fingerprint density at radius 3 is 2.52 bits per heavy atom. The second kappa shape index (κ2) is 15.1. The predicted octanol–water partition coefficient (Wildman–Crippen LogP) is 1.25. The van der Waals surface area contributed by atoms with Crippen LogP contribution >= 0.6 is 11.6 Å².